The van der Waals surface area contributed by atoms with Crippen LogP contribution in [0.15, 0.2) is 200 Å². The summed E-state index contributed by atoms with van der Waals surface area (Å²) in [5.74, 6) is 0.690. The van der Waals surface area contributed by atoms with Crippen molar-refractivity contribution in [3.8, 4) is 67.4 Å². The molecule has 57 heavy (non-hydrogen) atoms. The van der Waals surface area contributed by atoms with Crippen LogP contribution in [0.25, 0.3) is 89.1 Å². The number of para-hydroxylation sites is 1. The fraction of sp³-hybridized carbons (Fsp3) is 0.0185. The molecule has 0 saturated heterocycles. The quantitative estimate of drug-likeness (QED) is 0.170. The summed E-state index contributed by atoms with van der Waals surface area (Å²) in [5.41, 5.74) is 18.0. The molecular weight excluding hydrogens is 691 g/mol. The number of nitrogens with zero attached hydrogens (tertiary/aromatic N) is 3. The largest absolute Gasteiger partial charge is 0.247 e. The zero-order valence-corrected chi connectivity index (χ0v) is 30.9. The van der Waals surface area contributed by atoms with Crippen LogP contribution in [0.3, 0.4) is 0 Å². The lowest BCUT2D eigenvalue weighted by atomic mass is 9.70. The van der Waals surface area contributed by atoms with Gasteiger partial charge in [-0.1, -0.05) is 176 Å². The van der Waals surface area contributed by atoms with Gasteiger partial charge in [-0.15, -0.1) is 0 Å². The molecule has 10 aromatic rings. The number of rotatable bonds is 4. The summed E-state index contributed by atoms with van der Waals surface area (Å²) in [4.78, 5) is 15.6. The topological polar surface area (TPSA) is 38.7 Å². The molecule has 0 unspecified atom stereocenters. The van der Waals surface area contributed by atoms with Gasteiger partial charge in [0.1, 0.15) is 0 Å². The van der Waals surface area contributed by atoms with Crippen molar-refractivity contribution in [2.45, 2.75) is 5.41 Å². The molecule has 3 nitrogen and oxygen atoms in total. The molecule has 264 valence electrons. The normalized spacial score (nSPS) is 13.1. The third-order valence-corrected chi connectivity index (χ3v) is 12.1. The van der Waals surface area contributed by atoms with Gasteiger partial charge in [0.2, 0.25) is 0 Å². The molecule has 0 bridgehead atoms. The Morgan fingerprint density at radius 1 is 0.298 bits per heavy atom. The van der Waals surface area contributed by atoms with Crippen LogP contribution < -0.4 is 0 Å². The SMILES string of the molecule is c1ccc(-c2cc(-c3ccccc3)nc(-c3ccc(-c4nc5ccccc5c5cc6c(cc45)-c4ccccc4C64c5ccccc5-c5ccccc54)cc3)n2)cc1. The van der Waals surface area contributed by atoms with Crippen LogP contribution >= 0.6 is 0 Å². The third kappa shape index (κ3) is 4.63. The number of hydrogen-bond acceptors (Lipinski definition) is 3. The van der Waals surface area contributed by atoms with Gasteiger partial charge in [0.25, 0.3) is 0 Å². The van der Waals surface area contributed by atoms with Gasteiger partial charge in [0.15, 0.2) is 5.82 Å². The lowest BCUT2D eigenvalue weighted by Crippen LogP contribution is -2.25. The van der Waals surface area contributed by atoms with Gasteiger partial charge in [0, 0.05) is 33.0 Å². The first-order chi connectivity index (χ1) is 28.3. The van der Waals surface area contributed by atoms with E-state index in [1.807, 2.05) is 36.4 Å². The summed E-state index contributed by atoms with van der Waals surface area (Å²) in [6.45, 7) is 0. The average Bonchev–Trinajstić information content (AvgIpc) is 3.75. The van der Waals surface area contributed by atoms with Crippen molar-refractivity contribution in [3.63, 3.8) is 0 Å². The molecule has 2 heterocycles. The van der Waals surface area contributed by atoms with Crippen LogP contribution in [0.5, 0.6) is 0 Å². The summed E-state index contributed by atoms with van der Waals surface area (Å²) in [7, 11) is 0. The molecule has 0 aliphatic heterocycles. The smallest absolute Gasteiger partial charge is 0.160 e. The highest BCUT2D eigenvalue weighted by atomic mass is 14.9. The van der Waals surface area contributed by atoms with E-state index >= 15 is 0 Å². The first kappa shape index (κ1) is 31.8. The first-order valence-electron chi connectivity index (χ1n) is 19.5. The minimum atomic E-state index is -0.410. The third-order valence-electron chi connectivity index (χ3n) is 12.1. The Morgan fingerprint density at radius 2 is 0.789 bits per heavy atom. The molecule has 0 radical (unpaired) electrons. The Bertz CT molecular complexity index is 3120. The lowest BCUT2D eigenvalue weighted by molar-refractivity contribution is 0.795. The van der Waals surface area contributed by atoms with Gasteiger partial charge in [-0.25, -0.2) is 15.0 Å². The minimum absolute atomic E-state index is 0.410. The van der Waals surface area contributed by atoms with Crippen LogP contribution in [-0.2, 0) is 5.41 Å². The second-order valence-electron chi connectivity index (χ2n) is 15.1. The molecular formula is C54H33N3. The first-order valence-corrected chi connectivity index (χ1v) is 19.5. The van der Waals surface area contributed by atoms with Gasteiger partial charge in [-0.2, -0.15) is 0 Å². The number of hydrogen-bond donors (Lipinski definition) is 0. The summed E-state index contributed by atoms with van der Waals surface area (Å²) < 4.78 is 0. The number of aromatic nitrogens is 3. The molecule has 2 aromatic heterocycles. The maximum absolute atomic E-state index is 5.39. The summed E-state index contributed by atoms with van der Waals surface area (Å²) in [5, 5.41) is 3.50. The number of fused-ring (bicyclic) bond motifs is 13. The van der Waals surface area contributed by atoms with E-state index in [-0.39, 0.29) is 0 Å². The predicted molar refractivity (Wildman–Crippen MR) is 233 cm³/mol. The maximum Gasteiger partial charge on any atom is 0.160 e. The van der Waals surface area contributed by atoms with Crippen molar-refractivity contribution in [1.29, 1.82) is 0 Å². The van der Waals surface area contributed by atoms with E-state index in [2.05, 4.69) is 164 Å². The van der Waals surface area contributed by atoms with Crippen LogP contribution in [-0.4, -0.2) is 15.0 Å². The van der Waals surface area contributed by atoms with Crippen LogP contribution in [0.4, 0.5) is 0 Å². The van der Waals surface area contributed by atoms with Crippen molar-refractivity contribution in [1.82, 2.24) is 15.0 Å². The van der Waals surface area contributed by atoms with E-state index in [0.29, 0.717) is 5.82 Å². The Labute approximate surface area is 330 Å². The monoisotopic (exact) mass is 723 g/mol. The van der Waals surface area contributed by atoms with Crippen LogP contribution in [0.2, 0.25) is 0 Å². The van der Waals surface area contributed by atoms with E-state index in [1.165, 1.54) is 49.9 Å². The molecule has 2 aliphatic carbocycles. The second-order valence-corrected chi connectivity index (χ2v) is 15.1. The Kier molecular flexibility index (Phi) is 6.84. The number of benzene rings is 8. The van der Waals surface area contributed by atoms with Gasteiger partial charge < -0.3 is 0 Å². The van der Waals surface area contributed by atoms with E-state index in [9.17, 15) is 0 Å². The summed E-state index contributed by atoms with van der Waals surface area (Å²) >= 11 is 0. The maximum atomic E-state index is 5.39. The van der Waals surface area contributed by atoms with E-state index < -0.39 is 5.41 Å². The molecule has 8 aromatic carbocycles. The van der Waals surface area contributed by atoms with E-state index in [4.69, 9.17) is 15.0 Å². The molecule has 0 atom stereocenters. The second kappa shape index (κ2) is 12.3. The lowest BCUT2D eigenvalue weighted by Gasteiger charge is -2.30. The highest BCUT2D eigenvalue weighted by molar-refractivity contribution is 6.14. The molecule has 0 amide bonds. The Morgan fingerprint density at radius 3 is 1.39 bits per heavy atom. The van der Waals surface area contributed by atoms with Crippen molar-refractivity contribution >= 4 is 21.7 Å². The Balaban J connectivity index is 1.06. The van der Waals surface area contributed by atoms with Crippen molar-refractivity contribution in [2.75, 3.05) is 0 Å². The average molecular weight is 724 g/mol. The highest BCUT2D eigenvalue weighted by Gasteiger charge is 2.51. The van der Waals surface area contributed by atoms with Gasteiger partial charge in [-0.05, 0) is 74.2 Å². The van der Waals surface area contributed by atoms with E-state index in [0.717, 1.165) is 55.6 Å². The zero-order chi connectivity index (χ0) is 37.5. The van der Waals surface area contributed by atoms with E-state index in [1.54, 1.807) is 0 Å². The van der Waals surface area contributed by atoms with Crippen LogP contribution in [0, 0.1) is 0 Å². The molecule has 1 spiro atoms. The minimum Gasteiger partial charge on any atom is -0.247 e. The van der Waals surface area contributed by atoms with Crippen molar-refractivity contribution in [2.24, 2.45) is 0 Å². The summed E-state index contributed by atoms with van der Waals surface area (Å²) in [6, 6.07) is 71.8. The van der Waals surface area contributed by atoms with Gasteiger partial charge >= 0.3 is 0 Å². The molecule has 0 saturated carbocycles. The fourth-order valence-corrected chi connectivity index (χ4v) is 9.62. The van der Waals surface area contributed by atoms with Crippen LogP contribution in [0.1, 0.15) is 22.3 Å². The zero-order valence-electron chi connectivity index (χ0n) is 30.9. The molecule has 3 heteroatoms. The molecule has 12 rings (SSSR count). The Hall–Kier alpha value is -7.49. The standard InChI is InChI=1S/C54H33N3/c1-3-15-34(16-4-1)50-33-51(35-17-5-2-6-18-35)57-53(56-50)37-29-27-36(28-30-37)52-44-31-43-40-21-9-13-25-47(40)54(48(43)32-42(44)41-22-10-14-26-49(41)55-52)45-23-11-7-19-38(45)39-20-8-12-24-46(39)54/h1-33H. The predicted octanol–water partition coefficient (Wildman–Crippen LogP) is 13.2. The molecule has 0 N–H and O–H groups in total. The highest BCUT2D eigenvalue weighted by Crippen LogP contribution is 2.63. The summed E-state index contributed by atoms with van der Waals surface area (Å²) in [6.07, 6.45) is 0. The van der Waals surface area contributed by atoms with Crippen molar-refractivity contribution in [3.05, 3.63) is 222 Å². The van der Waals surface area contributed by atoms with Gasteiger partial charge in [-0.3, -0.25) is 0 Å². The van der Waals surface area contributed by atoms with Crippen molar-refractivity contribution < 1.29 is 0 Å². The molecule has 2 aliphatic rings. The van der Waals surface area contributed by atoms with Gasteiger partial charge in [0.05, 0.1) is 28.0 Å². The molecule has 0 fully saturated rings. The fourth-order valence-electron chi connectivity index (χ4n) is 9.62. The number of pyridine rings is 1.